The predicted molar refractivity (Wildman–Crippen MR) is 110 cm³/mol. The molecule has 29 heavy (non-hydrogen) atoms. The molecule has 0 saturated carbocycles. The maximum atomic E-state index is 12.3. The van der Waals surface area contributed by atoms with Crippen LogP contribution >= 0.6 is 0 Å². The summed E-state index contributed by atoms with van der Waals surface area (Å²) in [7, 11) is 0. The number of carbonyl (C=O) groups is 1. The first kappa shape index (κ1) is 18.9. The highest BCUT2D eigenvalue weighted by Crippen LogP contribution is 2.30. The molecule has 0 aliphatic carbocycles. The molecule has 5 heteroatoms. The third-order valence-corrected chi connectivity index (χ3v) is 4.67. The van der Waals surface area contributed by atoms with Gasteiger partial charge in [-0.3, -0.25) is 4.79 Å². The molecule has 4 rings (SSSR count). The fourth-order valence-electron chi connectivity index (χ4n) is 3.20. The lowest BCUT2D eigenvalue weighted by Crippen LogP contribution is -2.28. The van der Waals surface area contributed by atoms with Crippen molar-refractivity contribution >= 4 is 5.91 Å². The molecule has 1 amide bonds. The molecule has 1 N–H and O–H groups in total. The van der Waals surface area contributed by atoms with Crippen molar-refractivity contribution in [2.45, 2.75) is 13.0 Å². The van der Waals surface area contributed by atoms with E-state index in [9.17, 15) is 4.79 Å². The van der Waals surface area contributed by atoms with Crippen LogP contribution in [0.3, 0.4) is 0 Å². The second-order valence-corrected chi connectivity index (χ2v) is 6.81. The second-order valence-electron chi connectivity index (χ2n) is 6.81. The maximum Gasteiger partial charge on any atom is 0.258 e. The van der Waals surface area contributed by atoms with Crippen LogP contribution in [0.15, 0.2) is 72.8 Å². The van der Waals surface area contributed by atoms with Gasteiger partial charge in [-0.15, -0.1) is 0 Å². The van der Waals surface area contributed by atoms with Gasteiger partial charge >= 0.3 is 0 Å². The van der Waals surface area contributed by atoms with Gasteiger partial charge in [-0.25, -0.2) is 0 Å². The Labute approximate surface area is 170 Å². The highest BCUT2D eigenvalue weighted by atomic mass is 16.6. The van der Waals surface area contributed by atoms with E-state index in [1.807, 2.05) is 60.7 Å². The Morgan fingerprint density at radius 2 is 1.62 bits per heavy atom. The van der Waals surface area contributed by atoms with E-state index in [0.29, 0.717) is 25.5 Å². The first-order valence-corrected chi connectivity index (χ1v) is 9.68. The minimum Gasteiger partial charge on any atom is -0.486 e. The quantitative estimate of drug-likeness (QED) is 0.669. The molecule has 148 valence electrons. The lowest BCUT2D eigenvalue weighted by atomic mass is 10.0. The van der Waals surface area contributed by atoms with Crippen LogP contribution in [0.1, 0.15) is 16.7 Å². The van der Waals surface area contributed by atoms with Crippen molar-refractivity contribution in [1.82, 2.24) is 5.32 Å². The van der Waals surface area contributed by atoms with E-state index < -0.39 is 0 Å². The Morgan fingerprint density at radius 3 is 2.48 bits per heavy atom. The monoisotopic (exact) mass is 389 g/mol. The number of benzene rings is 3. The summed E-state index contributed by atoms with van der Waals surface area (Å²) < 4.78 is 16.9. The number of rotatable bonds is 7. The van der Waals surface area contributed by atoms with Crippen LogP contribution in [0.4, 0.5) is 0 Å². The summed E-state index contributed by atoms with van der Waals surface area (Å²) in [6.45, 7) is 1.48. The molecule has 1 aliphatic rings. The van der Waals surface area contributed by atoms with Crippen LogP contribution in [0, 0.1) is 0 Å². The van der Waals surface area contributed by atoms with E-state index >= 15 is 0 Å². The molecule has 1 aliphatic heterocycles. The number of nitrogens with one attached hydrogen (secondary N) is 1. The third-order valence-electron chi connectivity index (χ3n) is 4.67. The van der Waals surface area contributed by atoms with Gasteiger partial charge in [0.15, 0.2) is 18.1 Å². The molecule has 0 radical (unpaired) electrons. The average Bonchev–Trinajstić information content (AvgIpc) is 2.77. The Morgan fingerprint density at radius 1 is 0.862 bits per heavy atom. The smallest absolute Gasteiger partial charge is 0.258 e. The van der Waals surface area contributed by atoms with Gasteiger partial charge in [0.2, 0.25) is 0 Å². The summed E-state index contributed by atoms with van der Waals surface area (Å²) >= 11 is 0. The molecule has 3 aromatic rings. The summed E-state index contributed by atoms with van der Waals surface area (Å²) in [5.41, 5.74) is 3.21. The first-order valence-electron chi connectivity index (χ1n) is 9.68. The highest BCUT2D eigenvalue weighted by molar-refractivity contribution is 5.77. The van der Waals surface area contributed by atoms with E-state index in [-0.39, 0.29) is 12.5 Å². The largest absolute Gasteiger partial charge is 0.486 e. The molecule has 3 aromatic carbocycles. The van der Waals surface area contributed by atoms with Gasteiger partial charge in [0.25, 0.3) is 5.91 Å². The third kappa shape index (κ3) is 5.08. The number of ether oxygens (including phenoxy) is 3. The van der Waals surface area contributed by atoms with Gasteiger partial charge in [0.05, 0.1) is 0 Å². The van der Waals surface area contributed by atoms with Crippen molar-refractivity contribution < 1.29 is 19.0 Å². The van der Waals surface area contributed by atoms with E-state index in [0.717, 1.165) is 29.0 Å². The van der Waals surface area contributed by atoms with Crippen LogP contribution in [-0.4, -0.2) is 25.7 Å². The fraction of sp³-hybridized carbons (Fsp3) is 0.208. The van der Waals surface area contributed by atoms with Crippen LogP contribution in [0.25, 0.3) is 0 Å². The van der Waals surface area contributed by atoms with Gasteiger partial charge < -0.3 is 19.5 Å². The van der Waals surface area contributed by atoms with E-state index in [1.54, 1.807) is 0 Å². The molecule has 0 unspecified atom stereocenters. The molecular formula is C24H23NO4. The highest BCUT2D eigenvalue weighted by Gasteiger charge is 2.12. The maximum absolute atomic E-state index is 12.3. The number of carbonyl (C=O) groups excluding carboxylic acids is 1. The number of hydrogen-bond donors (Lipinski definition) is 1. The summed E-state index contributed by atoms with van der Waals surface area (Å²) in [5.74, 6) is 2.01. The van der Waals surface area contributed by atoms with Crippen LogP contribution < -0.4 is 19.5 Å². The minimum atomic E-state index is -0.172. The molecule has 0 spiro atoms. The second kappa shape index (κ2) is 9.15. The van der Waals surface area contributed by atoms with E-state index in [1.165, 1.54) is 5.56 Å². The van der Waals surface area contributed by atoms with Crippen molar-refractivity contribution in [2.75, 3.05) is 19.8 Å². The normalized spacial score (nSPS) is 12.3. The number of amides is 1. The molecule has 0 fully saturated rings. The average molecular weight is 389 g/mol. The lowest BCUT2D eigenvalue weighted by molar-refractivity contribution is -0.123. The van der Waals surface area contributed by atoms with Crippen LogP contribution in [0.5, 0.6) is 17.2 Å². The van der Waals surface area contributed by atoms with Crippen molar-refractivity contribution in [1.29, 1.82) is 0 Å². The van der Waals surface area contributed by atoms with Gasteiger partial charge in [0, 0.05) is 13.0 Å². The van der Waals surface area contributed by atoms with Gasteiger partial charge in [0.1, 0.15) is 19.0 Å². The topological polar surface area (TPSA) is 56.8 Å². The summed E-state index contributed by atoms with van der Waals surface area (Å²) in [6, 6.07) is 23.7. The van der Waals surface area contributed by atoms with E-state index in [2.05, 4.69) is 17.4 Å². The number of hydrogen-bond acceptors (Lipinski definition) is 4. The Hall–Kier alpha value is -3.47. The Balaban J connectivity index is 1.31. The summed E-state index contributed by atoms with van der Waals surface area (Å²) in [5, 5.41) is 2.88. The molecular weight excluding hydrogens is 366 g/mol. The van der Waals surface area contributed by atoms with Crippen molar-refractivity contribution in [3.8, 4) is 17.2 Å². The lowest BCUT2D eigenvalue weighted by Gasteiger charge is -2.19. The standard InChI is InChI=1S/C24H23NO4/c26-24(25-16-19-10-11-22-23(15-19)28-13-12-27-22)17-29-21-9-5-4-8-20(21)14-18-6-2-1-3-7-18/h1-11,15H,12-14,16-17H2,(H,25,26). The Kier molecular flexibility index (Phi) is 5.95. The van der Waals surface area contributed by atoms with E-state index in [4.69, 9.17) is 14.2 Å². The van der Waals surface area contributed by atoms with Crippen molar-refractivity contribution in [2.24, 2.45) is 0 Å². The molecule has 0 atom stereocenters. The fourth-order valence-corrected chi connectivity index (χ4v) is 3.20. The summed E-state index contributed by atoms with van der Waals surface area (Å²) in [4.78, 5) is 12.3. The van der Waals surface area contributed by atoms with Crippen molar-refractivity contribution in [3.05, 3.63) is 89.5 Å². The molecule has 5 nitrogen and oxygen atoms in total. The van der Waals surface area contributed by atoms with Crippen LogP contribution in [0.2, 0.25) is 0 Å². The zero-order valence-corrected chi connectivity index (χ0v) is 16.1. The summed E-state index contributed by atoms with van der Waals surface area (Å²) in [6.07, 6.45) is 0.760. The zero-order valence-electron chi connectivity index (χ0n) is 16.1. The molecule has 0 aromatic heterocycles. The molecule has 0 saturated heterocycles. The number of fused-ring (bicyclic) bond motifs is 1. The first-order chi connectivity index (χ1) is 14.3. The Bertz CT molecular complexity index is 972. The number of para-hydroxylation sites is 1. The van der Waals surface area contributed by atoms with Gasteiger partial charge in [-0.1, -0.05) is 54.6 Å². The molecule has 1 heterocycles. The zero-order chi connectivity index (χ0) is 19.9. The molecule has 0 bridgehead atoms. The van der Waals surface area contributed by atoms with Gasteiger partial charge in [-0.05, 0) is 34.9 Å². The SMILES string of the molecule is O=C(COc1ccccc1Cc1ccccc1)NCc1ccc2c(c1)OCCO2. The van der Waals surface area contributed by atoms with Crippen molar-refractivity contribution in [3.63, 3.8) is 0 Å². The minimum absolute atomic E-state index is 0.0314. The predicted octanol–water partition coefficient (Wildman–Crippen LogP) is 3.74. The van der Waals surface area contributed by atoms with Crippen LogP contribution in [-0.2, 0) is 17.8 Å². The van der Waals surface area contributed by atoms with Gasteiger partial charge in [-0.2, -0.15) is 0 Å².